The van der Waals surface area contributed by atoms with Crippen LogP contribution in [0.5, 0.6) is 0 Å². The Bertz CT molecular complexity index is 756. The molecule has 0 N–H and O–H groups in total. The first-order valence-electron chi connectivity index (χ1n) is 8.38. The van der Waals surface area contributed by atoms with E-state index in [-0.39, 0.29) is 24.3 Å². The number of unbranched alkanes of at least 4 members (excludes halogenated alkanes) is 1. The summed E-state index contributed by atoms with van der Waals surface area (Å²) in [6.07, 6.45) is 2.15. The van der Waals surface area contributed by atoms with Crippen LogP contribution in [0.4, 0.5) is 0 Å². The molecule has 2 aromatic carbocycles. The van der Waals surface area contributed by atoms with Gasteiger partial charge in [-0.1, -0.05) is 60.6 Å². The minimum atomic E-state index is -0.556. The smallest absolute Gasteiger partial charge is 0.339 e. The Morgan fingerprint density at radius 3 is 2.04 bits per heavy atom. The van der Waals surface area contributed by atoms with E-state index in [9.17, 15) is 9.59 Å². The zero-order chi connectivity index (χ0) is 18.8. The highest BCUT2D eigenvalue weighted by Gasteiger charge is 2.19. The molecule has 0 fully saturated rings. The molecule has 5 heteroatoms. The first kappa shape index (κ1) is 19.7. The lowest BCUT2D eigenvalue weighted by Gasteiger charge is -2.10. The van der Waals surface area contributed by atoms with Crippen molar-refractivity contribution in [2.75, 3.05) is 6.61 Å². The number of carbonyl (C=O) groups excluding carboxylic acids is 2. The molecular weight excluding hydrogens is 352 g/mol. The maximum absolute atomic E-state index is 12.3. The SMILES string of the molecule is C=C(Cl)CCCCOC(=O)c1ccccc1C(=O)OCc1ccccc1. The molecule has 0 aliphatic carbocycles. The average molecular weight is 373 g/mol. The van der Waals surface area contributed by atoms with Crippen molar-refractivity contribution in [2.45, 2.75) is 25.9 Å². The normalized spacial score (nSPS) is 10.2. The van der Waals surface area contributed by atoms with E-state index < -0.39 is 11.9 Å². The van der Waals surface area contributed by atoms with Crippen LogP contribution in [-0.4, -0.2) is 18.5 Å². The van der Waals surface area contributed by atoms with Crippen molar-refractivity contribution in [1.29, 1.82) is 0 Å². The van der Waals surface area contributed by atoms with Crippen LogP contribution in [0.3, 0.4) is 0 Å². The summed E-state index contributed by atoms with van der Waals surface area (Å²) in [7, 11) is 0. The summed E-state index contributed by atoms with van der Waals surface area (Å²) in [5, 5.41) is 0.586. The largest absolute Gasteiger partial charge is 0.462 e. The van der Waals surface area contributed by atoms with E-state index >= 15 is 0 Å². The van der Waals surface area contributed by atoms with Gasteiger partial charge in [0.15, 0.2) is 0 Å². The minimum Gasteiger partial charge on any atom is -0.462 e. The van der Waals surface area contributed by atoms with Crippen LogP contribution in [-0.2, 0) is 16.1 Å². The second-order valence-corrected chi connectivity index (χ2v) is 6.25. The number of hydrogen-bond acceptors (Lipinski definition) is 4. The molecule has 0 bridgehead atoms. The van der Waals surface area contributed by atoms with Crippen LogP contribution in [0.25, 0.3) is 0 Å². The second kappa shape index (κ2) is 10.4. The fourth-order valence-corrected chi connectivity index (χ4v) is 2.44. The molecule has 2 rings (SSSR count). The number of hydrogen-bond donors (Lipinski definition) is 0. The molecule has 0 aliphatic rings. The van der Waals surface area contributed by atoms with Gasteiger partial charge in [-0.25, -0.2) is 9.59 Å². The maximum Gasteiger partial charge on any atom is 0.339 e. The van der Waals surface area contributed by atoms with Crippen LogP contribution < -0.4 is 0 Å². The molecule has 0 saturated heterocycles. The van der Waals surface area contributed by atoms with Gasteiger partial charge in [-0.2, -0.15) is 0 Å². The molecule has 4 nitrogen and oxygen atoms in total. The third kappa shape index (κ3) is 6.37. The molecule has 0 aliphatic heterocycles. The van der Waals surface area contributed by atoms with E-state index in [0.29, 0.717) is 17.9 Å². The molecule has 0 heterocycles. The summed E-state index contributed by atoms with van der Waals surface area (Å²) in [6.45, 7) is 4.02. The number of esters is 2. The maximum atomic E-state index is 12.3. The standard InChI is InChI=1S/C21H21ClO4/c1-16(22)9-7-8-14-25-20(23)18-12-5-6-13-19(18)21(24)26-15-17-10-3-2-4-11-17/h2-6,10-13H,1,7-9,14-15H2. The van der Waals surface area contributed by atoms with Gasteiger partial charge in [0, 0.05) is 5.03 Å². The van der Waals surface area contributed by atoms with Crippen molar-refractivity contribution in [3.63, 3.8) is 0 Å². The lowest BCUT2D eigenvalue weighted by molar-refractivity contribution is 0.0436. The molecule has 0 aromatic heterocycles. The van der Waals surface area contributed by atoms with Gasteiger partial charge in [-0.3, -0.25) is 0 Å². The third-order valence-corrected chi connectivity index (χ3v) is 3.84. The van der Waals surface area contributed by atoms with Crippen LogP contribution in [0.1, 0.15) is 45.5 Å². The zero-order valence-electron chi connectivity index (χ0n) is 14.4. The Morgan fingerprint density at radius 1 is 0.846 bits per heavy atom. The fourth-order valence-electron chi connectivity index (χ4n) is 2.30. The molecule has 0 saturated carbocycles. The van der Waals surface area contributed by atoms with Crippen molar-refractivity contribution in [1.82, 2.24) is 0 Å². The summed E-state index contributed by atoms with van der Waals surface area (Å²) in [5.74, 6) is -1.10. The van der Waals surface area contributed by atoms with Crippen LogP contribution in [0, 0.1) is 0 Å². The summed E-state index contributed by atoms with van der Waals surface area (Å²) >= 11 is 5.69. The molecule has 0 unspecified atom stereocenters. The number of carbonyl (C=O) groups is 2. The molecule has 0 amide bonds. The first-order valence-corrected chi connectivity index (χ1v) is 8.76. The number of rotatable bonds is 9. The lowest BCUT2D eigenvalue weighted by Crippen LogP contribution is -2.14. The van der Waals surface area contributed by atoms with Crippen molar-refractivity contribution >= 4 is 23.5 Å². The molecule has 0 radical (unpaired) electrons. The Kier molecular flexibility index (Phi) is 7.90. The van der Waals surface area contributed by atoms with E-state index in [1.54, 1.807) is 24.3 Å². The van der Waals surface area contributed by atoms with Crippen molar-refractivity contribution in [3.8, 4) is 0 Å². The lowest BCUT2D eigenvalue weighted by atomic mass is 10.1. The number of allylic oxidation sites excluding steroid dienone is 1. The van der Waals surface area contributed by atoms with Gasteiger partial charge < -0.3 is 9.47 Å². The number of ether oxygens (including phenoxy) is 2. The predicted octanol–water partition coefficient (Wildman–Crippen LogP) is 5.12. The highest BCUT2D eigenvalue weighted by Crippen LogP contribution is 2.14. The van der Waals surface area contributed by atoms with Gasteiger partial charge in [0.25, 0.3) is 0 Å². The molecule has 136 valence electrons. The van der Waals surface area contributed by atoms with Crippen LogP contribution in [0.2, 0.25) is 0 Å². The van der Waals surface area contributed by atoms with Crippen molar-refractivity contribution in [3.05, 3.63) is 82.9 Å². The topological polar surface area (TPSA) is 52.6 Å². The molecular formula is C21H21ClO4. The van der Waals surface area contributed by atoms with Crippen molar-refractivity contribution in [2.24, 2.45) is 0 Å². The van der Waals surface area contributed by atoms with E-state index in [1.807, 2.05) is 30.3 Å². The second-order valence-electron chi connectivity index (χ2n) is 5.72. The van der Waals surface area contributed by atoms with Crippen LogP contribution >= 0.6 is 11.6 Å². The third-order valence-electron chi connectivity index (χ3n) is 3.66. The summed E-state index contributed by atoms with van der Waals surface area (Å²) in [6, 6.07) is 15.8. The average Bonchev–Trinajstić information content (AvgIpc) is 2.66. The van der Waals surface area contributed by atoms with Gasteiger partial charge >= 0.3 is 11.9 Å². The molecule has 26 heavy (non-hydrogen) atoms. The molecule has 0 atom stereocenters. The van der Waals surface area contributed by atoms with E-state index in [4.69, 9.17) is 21.1 Å². The monoisotopic (exact) mass is 372 g/mol. The number of benzene rings is 2. The zero-order valence-corrected chi connectivity index (χ0v) is 15.2. The predicted molar refractivity (Wildman–Crippen MR) is 101 cm³/mol. The number of halogens is 1. The molecule has 0 spiro atoms. The van der Waals surface area contributed by atoms with Gasteiger partial charge in [0.05, 0.1) is 17.7 Å². The highest BCUT2D eigenvalue weighted by atomic mass is 35.5. The van der Waals surface area contributed by atoms with Gasteiger partial charge in [-0.05, 0) is 37.0 Å². The van der Waals surface area contributed by atoms with Crippen molar-refractivity contribution < 1.29 is 19.1 Å². The Hall–Kier alpha value is -2.59. The van der Waals surface area contributed by atoms with Gasteiger partial charge in [-0.15, -0.1) is 0 Å². The molecule has 2 aromatic rings. The fraction of sp³-hybridized carbons (Fsp3) is 0.238. The van der Waals surface area contributed by atoms with Gasteiger partial charge in [0.2, 0.25) is 0 Å². The Morgan fingerprint density at radius 2 is 1.42 bits per heavy atom. The summed E-state index contributed by atoms with van der Waals surface area (Å²) in [5.41, 5.74) is 1.27. The van der Waals surface area contributed by atoms with E-state index in [0.717, 1.165) is 12.0 Å². The van der Waals surface area contributed by atoms with E-state index in [2.05, 4.69) is 6.58 Å². The van der Waals surface area contributed by atoms with Gasteiger partial charge in [0.1, 0.15) is 6.61 Å². The highest BCUT2D eigenvalue weighted by molar-refractivity contribution is 6.29. The summed E-state index contributed by atoms with van der Waals surface area (Å²) < 4.78 is 10.5. The Balaban J connectivity index is 1.92. The minimum absolute atomic E-state index is 0.144. The van der Waals surface area contributed by atoms with E-state index in [1.165, 1.54) is 0 Å². The first-order chi connectivity index (χ1) is 12.6. The quantitative estimate of drug-likeness (QED) is 0.452. The van der Waals surface area contributed by atoms with Crippen LogP contribution in [0.15, 0.2) is 66.2 Å². The summed E-state index contributed by atoms with van der Waals surface area (Å²) in [4.78, 5) is 24.6. The Labute approximate surface area is 158 Å².